The second kappa shape index (κ2) is 5.84. The summed E-state index contributed by atoms with van der Waals surface area (Å²) in [7, 11) is 2.93. The Hall–Kier alpha value is -1.10. The molecule has 16 heavy (non-hydrogen) atoms. The minimum absolute atomic E-state index is 0.207. The first-order valence-corrected chi connectivity index (χ1v) is 5.53. The number of esters is 1. The van der Waals surface area contributed by atoms with E-state index >= 15 is 0 Å². The monoisotopic (exact) mass is 229 g/mol. The normalized spacial score (nSPS) is 17.4. The van der Waals surface area contributed by atoms with Crippen LogP contribution in [-0.4, -0.2) is 39.2 Å². The fraction of sp³-hybridized carbons (Fsp3) is 0.818. The highest BCUT2D eigenvalue weighted by atomic mass is 16.5. The first kappa shape index (κ1) is 13.0. The van der Waals surface area contributed by atoms with Gasteiger partial charge in [-0.1, -0.05) is 6.42 Å². The Morgan fingerprint density at radius 3 is 2.44 bits per heavy atom. The van der Waals surface area contributed by atoms with Gasteiger partial charge in [0.2, 0.25) is 5.91 Å². The van der Waals surface area contributed by atoms with Crippen LogP contribution < -0.4 is 5.32 Å². The molecule has 5 nitrogen and oxygen atoms in total. The predicted octanol–water partition coefficient (Wildman–Crippen LogP) is 0.482. The third kappa shape index (κ3) is 2.52. The first-order valence-electron chi connectivity index (χ1n) is 5.53. The number of hydrogen-bond acceptors (Lipinski definition) is 4. The maximum Gasteiger partial charge on any atom is 0.321 e. The molecule has 0 aromatic heterocycles. The van der Waals surface area contributed by atoms with Crippen LogP contribution >= 0.6 is 0 Å². The lowest BCUT2D eigenvalue weighted by Crippen LogP contribution is -2.51. The van der Waals surface area contributed by atoms with Crippen molar-refractivity contribution in [1.82, 2.24) is 5.32 Å². The molecule has 1 aliphatic rings. The molecular weight excluding hydrogens is 210 g/mol. The maximum atomic E-state index is 11.9. The summed E-state index contributed by atoms with van der Waals surface area (Å²) in [6.45, 7) is 1.14. The number of ether oxygens (including phenoxy) is 2. The molecule has 0 saturated heterocycles. The summed E-state index contributed by atoms with van der Waals surface area (Å²) in [6, 6.07) is 0. The molecule has 0 spiro atoms. The van der Waals surface area contributed by atoms with Crippen molar-refractivity contribution in [2.24, 2.45) is 5.41 Å². The number of carbonyl (C=O) groups excluding carboxylic acids is 2. The van der Waals surface area contributed by atoms with Gasteiger partial charge in [0.1, 0.15) is 5.41 Å². The van der Waals surface area contributed by atoms with Gasteiger partial charge in [0, 0.05) is 20.3 Å². The van der Waals surface area contributed by atoms with Crippen LogP contribution in [0, 0.1) is 5.41 Å². The lowest BCUT2D eigenvalue weighted by molar-refractivity contribution is -0.165. The lowest BCUT2D eigenvalue weighted by atomic mass is 9.68. The van der Waals surface area contributed by atoms with Crippen molar-refractivity contribution in [3.05, 3.63) is 0 Å². The highest BCUT2D eigenvalue weighted by molar-refractivity contribution is 6.03. The number of amides is 1. The van der Waals surface area contributed by atoms with Crippen LogP contribution in [-0.2, 0) is 19.1 Å². The summed E-state index contributed by atoms with van der Waals surface area (Å²) in [5.41, 5.74) is -0.915. The molecule has 5 heteroatoms. The molecule has 92 valence electrons. The minimum atomic E-state index is -0.915. The summed E-state index contributed by atoms with van der Waals surface area (Å²) >= 11 is 0. The van der Waals surface area contributed by atoms with Crippen LogP contribution in [0.1, 0.15) is 25.7 Å². The van der Waals surface area contributed by atoms with E-state index in [4.69, 9.17) is 4.74 Å². The number of methoxy groups -OCH3 is 2. The highest BCUT2D eigenvalue weighted by Gasteiger charge is 2.51. The number of carbonyl (C=O) groups is 2. The summed E-state index contributed by atoms with van der Waals surface area (Å²) in [5.74, 6) is -0.621. The summed E-state index contributed by atoms with van der Waals surface area (Å²) in [6.07, 6.45) is 2.84. The van der Waals surface area contributed by atoms with E-state index in [0.717, 1.165) is 12.8 Å². The Balaban J connectivity index is 2.41. The highest BCUT2D eigenvalue weighted by Crippen LogP contribution is 2.42. The molecule has 1 amide bonds. The summed E-state index contributed by atoms with van der Waals surface area (Å²) in [4.78, 5) is 23.4. The van der Waals surface area contributed by atoms with E-state index in [9.17, 15) is 9.59 Å². The standard InChI is InChI=1S/C11H19NO4/c1-15-8-4-7-12-9(13)11(5-3-6-11)10(14)16-2/h3-8H2,1-2H3,(H,12,13). The van der Waals surface area contributed by atoms with Crippen molar-refractivity contribution in [2.45, 2.75) is 25.7 Å². The maximum absolute atomic E-state index is 11.9. The van der Waals surface area contributed by atoms with Crippen LogP contribution in [0.2, 0.25) is 0 Å². The van der Waals surface area contributed by atoms with Gasteiger partial charge in [-0.15, -0.1) is 0 Å². The molecule has 1 saturated carbocycles. The van der Waals surface area contributed by atoms with E-state index in [0.29, 0.717) is 26.0 Å². The molecule has 0 radical (unpaired) electrons. The zero-order valence-corrected chi connectivity index (χ0v) is 9.88. The van der Waals surface area contributed by atoms with Gasteiger partial charge in [0.25, 0.3) is 0 Å². The van der Waals surface area contributed by atoms with Crippen molar-refractivity contribution < 1.29 is 19.1 Å². The van der Waals surface area contributed by atoms with Gasteiger partial charge in [-0.2, -0.15) is 0 Å². The quantitative estimate of drug-likeness (QED) is 0.409. The fourth-order valence-electron chi connectivity index (χ4n) is 1.84. The van der Waals surface area contributed by atoms with E-state index in [1.165, 1.54) is 7.11 Å². The number of nitrogens with one attached hydrogen (secondary N) is 1. The molecular formula is C11H19NO4. The lowest BCUT2D eigenvalue weighted by Gasteiger charge is -2.36. The van der Waals surface area contributed by atoms with E-state index in [-0.39, 0.29) is 5.91 Å². The zero-order chi connectivity index (χ0) is 12.0. The second-order valence-electron chi connectivity index (χ2n) is 4.03. The Morgan fingerprint density at radius 1 is 1.31 bits per heavy atom. The Bertz CT molecular complexity index is 261. The van der Waals surface area contributed by atoms with Gasteiger partial charge in [0.15, 0.2) is 0 Å². The summed E-state index contributed by atoms with van der Waals surface area (Å²) < 4.78 is 9.56. The first-order chi connectivity index (χ1) is 7.67. The van der Waals surface area contributed by atoms with E-state index in [2.05, 4.69) is 10.1 Å². The van der Waals surface area contributed by atoms with Gasteiger partial charge in [-0.05, 0) is 19.3 Å². The third-order valence-electron chi connectivity index (χ3n) is 3.03. The van der Waals surface area contributed by atoms with E-state index < -0.39 is 11.4 Å². The average Bonchev–Trinajstić information content (AvgIpc) is 2.22. The average molecular weight is 229 g/mol. The molecule has 0 aromatic carbocycles. The molecule has 0 bridgehead atoms. The molecule has 1 rings (SSSR count). The van der Waals surface area contributed by atoms with Crippen molar-refractivity contribution in [3.8, 4) is 0 Å². The Morgan fingerprint density at radius 2 is 2.00 bits per heavy atom. The van der Waals surface area contributed by atoms with Crippen LogP contribution in [0.3, 0.4) is 0 Å². The topological polar surface area (TPSA) is 64.6 Å². The van der Waals surface area contributed by atoms with Gasteiger partial charge >= 0.3 is 5.97 Å². The van der Waals surface area contributed by atoms with Crippen molar-refractivity contribution >= 4 is 11.9 Å². The molecule has 1 N–H and O–H groups in total. The van der Waals surface area contributed by atoms with E-state index in [1.807, 2.05) is 0 Å². The zero-order valence-electron chi connectivity index (χ0n) is 9.88. The molecule has 0 atom stereocenters. The molecule has 1 aliphatic carbocycles. The van der Waals surface area contributed by atoms with Gasteiger partial charge in [-0.25, -0.2) is 0 Å². The molecule has 0 aromatic rings. The van der Waals surface area contributed by atoms with Gasteiger partial charge in [-0.3, -0.25) is 9.59 Å². The largest absolute Gasteiger partial charge is 0.468 e. The Kier molecular flexibility index (Phi) is 4.73. The van der Waals surface area contributed by atoms with Gasteiger partial charge < -0.3 is 14.8 Å². The summed E-state index contributed by atoms with van der Waals surface area (Å²) in [5, 5.41) is 2.76. The SMILES string of the molecule is COCCCNC(=O)C1(C(=O)OC)CCC1. The van der Waals surface area contributed by atoms with Crippen LogP contribution in [0.15, 0.2) is 0 Å². The van der Waals surface area contributed by atoms with Crippen LogP contribution in [0.4, 0.5) is 0 Å². The number of rotatable bonds is 6. The van der Waals surface area contributed by atoms with E-state index in [1.54, 1.807) is 7.11 Å². The van der Waals surface area contributed by atoms with Crippen LogP contribution in [0.25, 0.3) is 0 Å². The smallest absolute Gasteiger partial charge is 0.321 e. The third-order valence-corrected chi connectivity index (χ3v) is 3.03. The molecule has 0 heterocycles. The fourth-order valence-corrected chi connectivity index (χ4v) is 1.84. The molecule has 0 unspecified atom stereocenters. The van der Waals surface area contributed by atoms with Crippen molar-refractivity contribution in [1.29, 1.82) is 0 Å². The number of hydrogen-bond donors (Lipinski definition) is 1. The second-order valence-corrected chi connectivity index (χ2v) is 4.03. The minimum Gasteiger partial charge on any atom is -0.468 e. The Labute approximate surface area is 95.5 Å². The predicted molar refractivity (Wildman–Crippen MR) is 57.8 cm³/mol. The molecule has 0 aliphatic heterocycles. The van der Waals surface area contributed by atoms with Crippen LogP contribution in [0.5, 0.6) is 0 Å². The molecule has 1 fully saturated rings. The van der Waals surface area contributed by atoms with Gasteiger partial charge in [0.05, 0.1) is 7.11 Å². The van der Waals surface area contributed by atoms with Crippen molar-refractivity contribution in [2.75, 3.05) is 27.4 Å². The van der Waals surface area contributed by atoms with Crippen molar-refractivity contribution in [3.63, 3.8) is 0 Å².